The van der Waals surface area contributed by atoms with E-state index in [1.165, 1.54) is 18.2 Å². The Kier molecular flexibility index (Phi) is 4.21. The zero-order valence-corrected chi connectivity index (χ0v) is 15.6. The first kappa shape index (κ1) is 17.9. The molecule has 0 unspecified atom stereocenters. The minimum atomic E-state index is -0.481. The molecule has 0 aliphatic carbocycles. The average molecular weight is 398 g/mol. The lowest BCUT2D eigenvalue weighted by Crippen LogP contribution is -2.11. The monoisotopic (exact) mass is 398 g/mol. The molecule has 146 valence electrons. The van der Waals surface area contributed by atoms with Crippen molar-refractivity contribution >= 4 is 21.7 Å². The van der Waals surface area contributed by atoms with Gasteiger partial charge in [0.15, 0.2) is 0 Å². The van der Waals surface area contributed by atoms with E-state index >= 15 is 0 Å². The van der Waals surface area contributed by atoms with Gasteiger partial charge in [0, 0.05) is 17.4 Å². The van der Waals surface area contributed by atoms with E-state index < -0.39 is 11.4 Å². The predicted molar refractivity (Wildman–Crippen MR) is 113 cm³/mol. The molecule has 0 radical (unpaired) electrons. The largest absolute Gasteiger partial charge is 0.306 e. The molecule has 0 aliphatic rings. The second kappa shape index (κ2) is 7.04. The summed E-state index contributed by atoms with van der Waals surface area (Å²) in [7, 11) is 0. The van der Waals surface area contributed by atoms with Crippen molar-refractivity contribution < 1.29 is 4.39 Å². The van der Waals surface area contributed by atoms with Crippen LogP contribution in [0.5, 0.6) is 0 Å². The number of hydrogen-bond donors (Lipinski definition) is 2. The molecule has 5 aromatic rings. The predicted octanol–water partition coefficient (Wildman–Crippen LogP) is 3.56. The van der Waals surface area contributed by atoms with Gasteiger partial charge in [-0.2, -0.15) is 5.10 Å². The lowest BCUT2D eigenvalue weighted by atomic mass is 10.0. The highest BCUT2D eigenvalue weighted by atomic mass is 19.1. The van der Waals surface area contributed by atoms with E-state index in [1.54, 1.807) is 6.07 Å². The fourth-order valence-electron chi connectivity index (χ4n) is 3.58. The number of halogens is 1. The fourth-order valence-corrected chi connectivity index (χ4v) is 3.58. The number of benzene rings is 3. The van der Waals surface area contributed by atoms with Gasteiger partial charge in [0.1, 0.15) is 11.6 Å². The van der Waals surface area contributed by atoms with Crippen molar-refractivity contribution in [3.05, 3.63) is 105 Å². The number of H-pyrrole nitrogens is 2. The number of rotatable bonds is 3. The minimum absolute atomic E-state index is 0.207. The van der Waals surface area contributed by atoms with E-state index in [0.717, 1.165) is 22.2 Å². The molecule has 3 aromatic carbocycles. The summed E-state index contributed by atoms with van der Waals surface area (Å²) in [6.07, 6.45) is 0.494. The van der Waals surface area contributed by atoms with Crippen molar-refractivity contribution in [2.24, 2.45) is 0 Å². The van der Waals surface area contributed by atoms with Crippen molar-refractivity contribution in [2.75, 3.05) is 0 Å². The Morgan fingerprint density at radius 1 is 0.833 bits per heavy atom. The van der Waals surface area contributed by atoms with E-state index in [0.29, 0.717) is 23.1 Å². The van der Waals surface area contributed by atoms with Crippen LogP contribution in [0.3, 0.4) is 0 Å². The Morgan fingerprint density at radius 2 is 1.67 bits per heavy atom. The van der Waals surface area contributed by atoms with Gasteiger partial charge in [0.05, 0.1) is 22.0 Å². The molecule has 2 N–H and O–H groups in total. The Morgan fingerprint density at radius 3 is 2.53 bits per heavy atom. The molecule has 30 heavy (non-hydrogen) atoms. The summed E-state index contributed by atoms with van der Waals surface area (Å²) in [5.41, 5.74) is 2.22. The Bertz CT molecular complexity index is 1540. The smallest absolute Gasteiger partial charge is 0.272 e. The van der Waals surface area contributed by atoms with Gasteiger partial charge in [-0.25, -0.2) is 14.5 Å². The molecule has 0 bridgehead atoms. The van der Waals surface area contributed by atoms with Crippen molar-refractivity contribution in [1.29, 1.82) is 0 Å². The van der Waals surface area contributed by atoms with Gasteiger partial charge in [-0.15, -0.1) is 0 Å². The summed E-state index contributed by atoms with van der Waals surface area (Å²) in [4.78, 5) is 31.6. The molecule has 0 saturated carbocycles. The van der Waals surface area contributed by atoms with Crippen LogP contribution in [-0.2, 0) is 6.42 Å². The third-order valence-electron chi connectivity index (χ3n) is 5.01. The molecular formula is C23H15FN4O2. The quantitative estimate of drug-likeness (QED) is 0.486. The number of hydrogen-bond acceptors (Lipinski definition) is 4. The highest BCUT2D eigenvalue weighted by Gasteiger charge is 2.10. The fraction of sp³-hybridized carbons (Fsp3) is 0.0435. The van der Waals surface area contributed by atoms with Gasteiger partial charge in [-0.1, -0.05) is 36.4 Å². The van der Waals surface area contributed by atoms with Crippen LogP contribution in [0.4, 0.5) is 4.39 Å². The number of aromatic amines is 2. The molecule has 0 saturated heterocycles. The van der Waals surface area contributed by atoms with Crippen molar-refractivity contribution in [2.45, 2.75) is 6.42 Å². The first-order chi connectivity index (χ1) is 14.6. The lowest BCUT2D eigenvalue weighted by molar-refractivity contribution is 0.629. The zero-order valence-electron chi connectivity index (χ0n) is 15.6. The first-order valence-corrected chi connectivity index (χ1v) is 9.34. The molecule has 0 aliphatic heterocycles. The molecule has 0 atom stereocenters. The van der Waals surface area contributed by atoms with Crippen LogP contribution >= 0.6 is 0 Å². The van der Waals surface area contributed by atoms with Gasteiger partial charge in [0.2, 0.25) is 0 Å². The summed E-state index contributed by atoms with van der Waals surface area (Å²) >= 11 is 0. The van der Waals surface area contributed by atoms with Crippen LogP contribution in [0.15, 0.2) is 76.3 Å². The first-order valence-electron chi connectivity index (χ1n) is 9.34. The zero-order chi connectivity index (χ0) is 20.7. The molecule has 7 heteroatoms. The number of aromatic nitrogens is 4. The number of nitrogens with one attached hydrogen (secondary N) is 2. The van der Waals surface area contributed by atoms with E-state index in [1.807, 2.05) is 42.5 Å². The van der Waals surface area contributed by atoms with Gasteiger partial charge in [0.25, 0.3) is 11.1 Å². The normalized spacial score (nSPS) is 11.2. The Hall–Kier alpha value is -4.13. The molecule has 2 aromatic heterocycles. The molecule has 6 nitrogen and oxygen atoms in total. The second-order valence-corrected chi connectivity index (χ2v) is 7.00. The molecule has 0 spiro atoms. The SMILES string of the molecule is O=c1[nH]c(-c2cccc(Cc3n[nH]c(=O)c4ccccc34)c2)nc2ccc(F)cc12. The highest BCUT2D eigenvalue weighted by molar-refractivity contribution is 5.83. The Balaban J connectivity index is 1.57. The topological polar surface area (TPSA) is 91.5 Å². The van der Waals surface area contributed by atoms with Gasteiger partial charge >= 0.3 is 0 Å². The van der Waals surface area contributed by atoms with Gasteiger partial charge < -0.3 is 4.98 Å². The van der Waals surface area contributed by atoms with Crippen molar-refractivity contribution in [3.8, 4) is 11.4 Å². The number of fused-ring (bicyclic) bond motifs is 2. The Labute approximate surface area is 169 Å². The molecule has 5 rings (SSSR count). The van der Waals surface area contributed by atoms with E-state index in [9.17, 15) is 14.0 Å². The van der Waals surface area contributed by atoms with Crippen molar-refractivity contribution in [1.82, 2.24) is 20.2 Å². The van der Waals surface area contributed by atoms with Gasteiger partial charge in [-0.05, 0) is 35.9 Å². The number of nitrogens with zero attached hydrogens (tertiary/aromatic N) is 2. The van der Waals surface area contributed by atoms with Crippen LogP contribution in [0.2, 0.25) is 0 Å². The maximum atomic E-state index is 13.4. The molecular weight excluding hydrogens is 383 g/mol. The second-order valence-electron chi connectivity index (χ2n) is 7.00. The standard InChI is InChI=1S/C23H15FN4O2/c24-15-8-9-19-18(12-15)22(29)26-21(25-19)14-5-3-4-13(10-14)11-20-16-6-1-2-7-17(16)23(30)28-27-20/h1-10,12H,11H2,(H,28,30)(H,25,26,29). The minimum Gasteiger partial charge on any atom is -0.306 e. The third kappa shape index (κ3) is 3.16. The molecule has 2 heterocycles. The summed E-state index contributed by atoms with van der Waals surface area (Å²) < 4.78 is 13.4. The van der Waals surface area contributed by atoms with E-state index in [2.05, 4.69) is 20.2 Å². The highest BCUT2D eigenvalue weighted by Crippen LogP contribution is 2.21. The van der Waals surface area contributed by atoms with Crippen LogP contribution in [0.1, 0.15) is 11.3 Å². The lowest BCUT2D eigenvalue weighted by Gasteiger charge is -2.08. The van der Waals surface area contributed by atoms with E-state index in [4.69, 9.17) is 0 Å². The van der Waals surface area contributed by atoms with Gasteiger partial charge in [-0.3, -0.25) is 9.59 Å². The van der Waals surface area contributed by atoms with E-state index in [-0.39, 0.29) is 10.9 Å². The maximum absolute atomic E-state index is 13.4. The summed E-state index contributed by atoms with van der Waals surface area (Å²) in [5, 5.41) is 8.36. The van der Waals surface area contributed by atoms with Crippen molar-refractivity contribution in [3.63, 3.8) is 0 Å². The molecule has 0 amide bonds. The average Bonchev–Trinajstić information content (AvgIpc) is 2.76. The maximum Gasteiger partial charge on any atom is 0.272 e. The third-order valence-corrected chi connectivity index (χ3v) is 5.01. The summed E-state index contributed by atoms with van der Waals surface area (Å²) in [6.45, 7) is 0. The van der Waals surface area contributed by atoms with Crippen LogP contribution in [0, 0.1) is 5.82 Å². The summed E-state index contributed by atoms with van der Waals surface area (Å²) in [5.74, 6) is -0.0783. The summed E-state index contributed by atoms with van der Waals surface area (Å²) in [6, 6.07) is 18.8. The van der Waals surface area contributed by atoms with Crippen LogP contribution in [-0.4, -0.2) is 20.2 Å². The van der Waals surface area contributed by atoms with Crippen LogP contribution in [0.25, 0.3) is 33.1 Å². The molecule has 0 fully saturated rings. The van der Waals surface area contributed by atoms with Crippen LogP contribution < -0.4 is 11.1 Å².